The summed E-state index contributed by atoms with van der Waals surface area (Å²) in [6.45, 7) is 11.4. The number of hydrogen-bond donors (Lipinski definition) is 1. The second-order valence-electron chi connectivity index (χ2n) is 12.2. The molecule has 3 aliphatic heterocycles. The summed E-state index contributed by atoms with van der Waals surface area (Å²) in [5.74, 6) is -0.114. The molecule has 8 bridgehead atoms. The molecular weight excluding hydrogens is 532 g/mol. The normalized spacial score (nSPS) is 17.8. The summed E-state index contributed by atoms with van der Waals surface area (Å²) < 4.78 is 16.3. The van der Waals surface area contributed by atoms with E-state index in [1.165, 1.54) is 0 Å². The molecule has 0 saturated carbocycles. The predicted molar refractivity (Wildman–Crippen MR) is 161 cm³/mol. The number of carbonyl (C=O) groups is 1. The molecule has 3 aliphatic rings. The van der Waals surface area contributed by atoms with E-state index < -0.39 is 12.1 Å². The summed E-state index contributed by atoms with van der Waals surface area (Å²) in [4.78, 5) is 19.7. The topological polar surface area (TPSA) is 107 Å². The molecule has 1 aromatic carbocycles. The van der Waals surface area contributed by atoms with Crippen LogP contribution in [0, 0.1) is 12.8 Å². The number of aliphatic carboxylic acids is 1. The summed E-state index contributed by atoms with van der Waals surface area (Å²) in [6, 6.07) is 12.2. The molecule has 4 aromatic rings. The van der Waals surface area contributed by atoms with E-state index in [1.54, 1.807) is 0 Å². The Bertz CT molecular complexity index is 1580. The van der Waals surface area contributed by atoms with Gasteiger partial charge in [-0.2, -0.15) is 14.7 Å². The molecule has 1 N–H and O–H groups in total. The van der Waals surface area contributed by atoms with Gasteiger partial charge in [-0.3, -0.25) is 4.68 Å². The van der Waals surface area contributed by atoms with Gasteiger partial charge in [0.1, 0.15) is 5.82 Å². The van der Waals surface area contributed by atoms with E-state index in [-0.39, 0.29) is 11.5 Å². The molecule has 42 heavy (non-hydrogen) atoms. The van der Waals surface area contributed by atoms with E-state index >= 15 is 0 Å². The van der Waals surface area contributed by atoms with Crippen LogP contribution < -0.4 is 4.90 Å². The first-order valence-corrected chi connectivity index (χ1v) is 15.0. The quantitative estimate of drug-likeness (QED) is 0.332. The van der Waals surface area contributed by atoms with E-state index in [1.807, 2.05) is 60.4 Å². The average molecular weight is 573 g/mol. The lowest BCUT2D eigenvalue weighted by atomic mass is 9.92. The standard InChI is InChI=1S/C32H40N6O4/c1-21(2)20-41-29(31(39)40)28-22(3)33-27-19-26-24-9-7-8-23(18-24)25-10-14-37(34-25)13-5-6-17-42-32(4)11-15-36(16-12-32)30(28)38(27)35-26/h7-10,14,18-19,21,29H,5-6,11-13,15-17,20H2,1-4H3,(H,39,40). The Morgan fingerprint density at radius 3 is 2.57 bits per heavy atom. The highest BCUT2D eigenvalue weighted by atomic mass is 16.5. The number of hydrogen-bond acceptors (Lipinski definition) is 7. The molecule has 3 aromatic heterocycles. The lowest BCUT2D eigenvalue weighted by molar-refractivity contribution is -0.151. The van der Waals surface area contributed by atoms with E-state index in [0.717, 1.165) is 60.6 Å². The van der Waals surface area contributed by atoms with Gasteiger partial charge in [-0.1, -0.05) is 32.0 Å². The minimum atomic E-state index is -1.16. The third-order valence-electron chi connectivity index (χ3n) is 8.33. The van der Waals surface area contributed by atoms with Gasteiger partial charge in [0.15, 0.2) is 11.8 Å². The van der Waals surface area contributed by atoms with Crippen molar-refractivity contribution in [1.29, 1.82) is 0 Å². The van der Waals surface area contributed by atoms with Gasteiger partial charge in [0.2, 0.25) is 0 Å². The summed E-state index contributed by atoms with van der Waals surface area (Å²) in [5, 5.41) is 20.2. The highest BCUT2D eigenvalue weighted by molar-refractivity contribution is 5.79. The van der Waals surface area contributed by atoms with Crippen molar-refractivity contribution in [2.75, 3.05) is 31.2 Å². The first-order chi connectivity index (χ1) is 20.2. The van der Waals surface area contributed by atoms with E-state index in [4.69, 9.17) is 24.7 Å². The molecule has 0 radical (unpaired) electrons. The van der Waals surface area contributed by atoms with Crippen LogP contribution in [0.1, 0.15) is 63.8 Å². The zero-order chi connectivity index (χ0) is 29.4. The molecule has 0 amide bonds. The molecule has 7 rings (SSSR count). The summed E-state index contributed by atoms with van der Waals surface area (Å²) in [7, 11) is 0. The van der Waals surface area contributed by atoms with Gasteiger partial charge in [0.25, 0.3) is 0 Å². The zero-order valence-electron chi connectivity index (χ0n) is 24.9. The number of ether oxygens (including phenoxy) is 2. The summed E-state index contributed by atoms with van der Waals surface area (Å²) in [5.41, 5.74) is 5.25. The van der Waals surface area contributed by atoms with Crippen LogP contribution in [0.15, 0.2) is 42.6 Å². The maximum Gasteiger partial charge on any atom is 0.337 e. The molecule has 1 fully saturated rings. The molecule has 0 aliphatic carbocycles. The Morgan fingerprint density at radius 2 is 1.83 bits per heavy atom. The SMILES string of the molecule is Cc1nc2cc3nn2c(c1C(OCC(C)C)C(=O)O)N1CCC(C)(CC1)OCCCCn1ccc(n1)-c1cccc-3c1. The molecule has 1 unspecified atom stereocenters. The number of carboxylic acid groups (broad SMARTS) is 1. The molecule has 222 valence electrons. The maximum absolute atomic E-state index is 12.6. The van der Waals surface area contributed by atoms with Crippen molar-refractivity contribution in [3.8, 4) is 22.5 Å². The summed E-state index contributed by atoms with van der Waals surface area (Å²) in [6.07, 6.45) is 4.46. The van der Waals surface area contributed by atoms with Gasteiger partial charge in [0.05, 0.1) is 29.2 Å². The Kier molecular flexibility index (Phi) is 7.76. The fourth-order valence-corrected chi connectivity index (χ4v) is 5.94. The van der Waals surface area contributed by atoms with E-state index in [9.17, 15) is 9.90 Å². The van der Waals surface area contributed by atoms with Gasteiger partial charge in [-0.15, -0.1) is 0 Å². The van der Waals surface area contributed by atoms with Gasteiger partial charge in [0, 0.05) is 55.3 Å². The highest BCUT2D eigenvalue weighted by Crippen LogP contribution is 2.37. The Balaban J connectivity index is 1.51. The van der Waals surface area contributed by atoms with Crippen LogP contribution in [0.5, 0.6) is 0 Å². The Hall–Kier alpha value is -3.76. The van der Waals surface area contributed by atoms with Crippen LogP contribution in [-0.2, 0) is 20.8 Å². The number of rotatable bonds is 5. The van der Waals surface area contributed by atoms with Crippen molar-refractivity contribution in [2.24, 2.45) is 5.92 Å². The summed E-state index contributed by atoms with van der Waals surface area (Å²) >= 11 is 0. The van der Waals surface area contributed by atoms with Crippen LogP contribution in [0.3, 0.4) is 0 Å². The fourth-order valence-electron chi connectivity index (χ4n) is 5.94. The first-order valence-electron chi connectivity index (χ1n) is 15.0. The minimum Gasteiger partial charge on any atom is -0.479 e. The number of benzene rings is 1. The number of aromatic nitrogens is 5. The number of piperidine rings is 1. The third-order valence-corrected chi connectivity index (χ3v) is 8.33. The number of carboxylic acids is 1. The molecule has 6 heterocycles. The largest absolute Gasteiger partial charge is 0.479 e. The fraction of sp³-hybridized carbons (Fsp3) is 0.500. The Morgan fingerprint density at radius 1 is 1.07 bits per heavy atom. The van der Waals surface area contributed by atoms with Crippen LogP contribution in [0.4, 0.5) is 5.82 Å². The maximum atomic E-state index is 12.6. The van der Waals surface area contributed by atoms with E-state index in [0.29, 0.717) is 43.2 Å². The monoisotopic (exact) mass is 572 g/mol. The van der Waals surface area contributed by atoms with Crippen molar-refractivity contribution in [3.05, 3.63) is 53.9 Å². The number of nitrogens with zero attached hydrogens (tertiary/aromatic N) is 6. The lowest BCUT2D eigenvalue weighted by Crippen LogP contribution is -2.45. The van der Waals surface area contributed by atoms with Crippen molar-refractivity contribution >= 4 is 17.4 Å². The van der Waals surface area contributed by atoms with Crippen molar-refractivity contribution in [3.63, 3.8) is 0 Å². The van der Waals surface area contributed by atoms with Gasteiger partial charge >= 0.3 is 5.97 Å². The zero-order valence-corrected chi connectivity index (χ0v) is 24.9. The molecule has 1 saturated heterocycles. The van der Waals surface area contributed by atoms with Gasteiger partial charge in [-0.25, -0.2) is 9.78 Å². The van der Waals surface area contributed by atoms with Crippen LogP contribution >= 0.6 is 0 Å². The predicted octanol–water partition coefficient (Wildman–Crippen LogP) is 5.54. The van der Waals surface area contributed by atoms with Crippen LogP contribution in [-0.4, -0.2) is 67.4 Å². The van der Waals surface area contributed by atoms with Gasteiger partial charge in [-0.05, 0) is 57.6 Å². The Labute approximate surface area is 246 Å². The second kappa shape index (κ2) is 11.5. The molecular formula is C32H40N6O4. The van der Waals surface area contributed by atoms with Crippen molar-refractivity contribution in [2.45, 2.75) is 71.6 Å². The highest BCUT2D eigenvalue weighted by Gasteiger charge is 2.36. The molecule has 10 heteroatoms. The second-order valence-corrected chi connectivity index (χ2v) is 12.2. The number of anilines is 1. The molecule has 1 atom stereocenters. The average Bonchev–Trinajstić information content (AvgIpc) is 3.60. The lowest BCUT2D eigenvalue weighted by Gasteiger charge is -2.41. The van der Waals surface area contributed by atoms with Crippen molar-refractivity contribution < 1.29 is 19.4 Å². The van der Waals surface area contributed by atoms with Gasteiger partial charge < -0.3 is 19.5 Å². The van der Waals surface area contributed by atoms with Crippen molar-refractivity contribution in [1.82, 2.24) is 24.4 Å². The number of aryl methyl sites for hydroxylation is 2. The smallest absolute Gasteiger partial charge is 0.337 e. The third kappa shape index (κ3) is 5.65. The van der Waals surface area contributed by atoms with Crippen LogP contribution in [0.25, 0.3) is 28.2 Å². The first kappa shape index (κ1) is 28.4. The molecule has 0 spiro atoms. The molecule has 10 nitrogen and oxygen atoms in total. The van der Waals surface area contributed by atoms with E-state index in [2.05, 4.69) is 24.0 Å². The number of fused-ring (bicyclic) bond motifs is 6. The van der Waals surface area contributed by atoms with Crippen LogP contribution in [0.2, 0.25) is 0 Å². The minimum absolute atomic E-state index is 0.186.